The monoisotopic (exact) mass is 218 g/mol. The third-order valence-corrected chi connectivity index (χ3v) is 2.53. The van der Waals surface area contributed by atoms with E-state index in [0.717, 1.165) is 16.8 Å². The predicted octanol–water partition coefficient (Wildman–Crippen LogP) is 2.41. The fourth-order valence-electron chi connectivity index (χ4n) is 1.60. The van der Waals surface area contributed by atoms with Crippen molar-refractivity contribution in [2.45, 2.75) is 26.9 Å². The molecular formula is C12H14N2O2. The zero-order chi connectivity index (χ0) is 11.7. The molecule has 0 aliphatic heterocycles. The van der Waals surface area contributed by atoms with Gasteiger partial charge in [0.2, 0.25) is 0 Å². The lowest BCUT2D eigenvalue weighted by Gasteiger charge is -2.08. The van der Waals surface area contributed by atoms with E-state index in [2.05, 4.69) is 9.97 Å². The van der Waals surface area contributed by atoms with Gasteiger partial charge in [0, 0.05) is 17.5 Å². The molecule has 1 N–H and O–H groups in total. The first-order valence-electron chi connectivity index (χ1n) is 5.15. The summed E-state index contributed by atoms with van der Waals surface area (Å²) in [5.74, 6) is 1.24. The molecule has 0 aliphatic carbocycles. The van der Waals surface area contributed by atoms with Crippen LogP contribution in [0.15, 0.2) is 22.9 Å². The minimum absolute atomic E-state index is 0.549. The summed E-state index contributed by atoms with van der Waals surface area (Å²) in [5.41, 5.74) is 2.52. The zero-order valence-corrected chi connectivity index (χ0v) is 9.56. The molecule has 0 fully saturated rings. The van der Waals surface area contributed by atoms with E-state index >= 15 is 0 Å². The van der Waals surface area contributed by atoms with Crippen LogP contribution in [0.25, 0.3) is 11.6 Å². The van der Waals surface area contributed by atoms with E-state index in [1.807, 2.05) is 19.9 Å². The molecule has 0 aliphatic rings. The van der Waals surface area contributed by atoms with Gasteiger partial charge in [-0.15, -0.1) is 0 Å². The van der Waals surface area contributed by atoms with Gasteiger partial charge in [-0.05, 0) is 32.4 Å². The summed E-state index contributed by atoms with van der Waals surface area (Å²) >= 11 is 0. The second-order valence-corrected chi connectivity index (χ2v) is 3.84. The zero-order valence-electron chi connectivity index (χ0n) is 9.56. The van der Waals surface area contributed by atoms with E-state index in [-0.39, 0.29) is 0 Å². The molecule has 2 rings (SSSR count). The number of nitrogens with zero attached hydrogens (tertiary/aromatic N) is 2. The van der Waals surface area contributed by atoms with E-state index in [4.69, 9.17) is 4.42 Å². The largest absolute Gasteiger partial charge is 0.461 e. The summed E-state index contributed by atoms with van der Waals surface area (Å²) in [4.78, 5) is 8.53. The maximum Gasteiger partial charge on any atom is 0.196 e. The van der Waals surface area contributed by atoms with Crippen molar-refractivity contribution in [2.75, 3.05) is 0 Å². The summed E-state index contributed by atoms with van der Waals surface area (Å²) in [6.45, 7) is 5.50. The molecule has 4 heteroatoms. The number of furan rings is 1. The Bertz CT molecular complexity index is 503. The van der Waals surface area contributed by atoms with Crippen LogP contribution in [0, 0.1) is 13.8 Å². The standard InChI is InChI=1S/C12H14N2O2/c1-7-4-5-16-11(7)12-13-6-10(9(3)15)8(2)14-12/h4-6,9,15H,1-3H3/t9-/m0/s1. The summed E-state index contributed by atoms with van der Waals surface area (Å²) < 4.78 is 5.32. The normalized spacial score (nSPS) is 12.8. The summed E-state index contributed by atoms with van der Waals surface area (Å²) in [6, 6.07) is 1.87. The molecule has 16 heavy (non-hydrogen) atoms. The molecule has 2 aromatic heterocycles. The van der Waals surface area contributed by atoms with Crippen LogP contribution in [0.3, 0.4) is 0 Å². The van der Waals surface area contributed by atoms with Crippen LogP contribution >= 0.6 is 0 Å². The third kappa shape index (κ3) is 1.84. The van der Waals surface area contributed by atoms with Crippen molar-refractivity contribution in [3.05, 3.63) is 35.3 Å². The average molecular weight is 218 g/mol. The molecule has 1 atom stereocenters. The van der Waals surface area contributed by atoms with Gasteiger partial charge in [0.15, 0.2) is 11.6 Å². The summed E-state index contributed by atoms with van der Waals surface area (Å²) in [6.07, 6.45) is 2.71. The number of aryl methyl sites for hydroxylation is 2. The molecule has 0 unspecified atom stereocenters. The Balaban J connectivity index is 2.46. The average Bonchev–Trinajstić information content (AvgIpc) is 2.63. The number of aromatic nitrogens is 2. The predicted molar refractivity (Wildman–Crippen MR) is 59.8 cm³/mol. The second kappa shape index (κ2) is 4.06. The van der Waals surface area contributed by atoms with Crippen molar-refractivity contribution in [2.24, 2.45) is 0 Å². The van der Waals surface area contributed by atoms with Crippen LogP contribution in [0.1, 0.15) is 29.8 Å². The Labute approximate surface area is 94.0 Å². The van der Waals surface area contributed by atoms with E-state index in [9.17, 15) is 5.11 Å². The molecule has 0 saturated heterocycles. The van der Waals surface area contributed by atoms with Crippen LogP contribution in [-0.4, -0.2) is 15.1 Å². The van der Waals surface area contributed by atoms with Gasteiger partial charge in [-0.1, -0.05) is 0 Å². The molecule has 0 radical (unpaired) electrons. The highest BCUT2D eigenvalue weighted by molar-refractivity contribution is 5.52. The highest BCUT2D eigenvalue weighted by atomic mass is 16.3. The van der Waals surface area contributed by atoms with Crippen LogP contribution in [0.5, 0.6) is 0 Å². The number of hydrogen-bond acceptors (Lipinski definition) is 4. The van der Waals surface area contributed by atoms with E-state index < -0.39 is 6.10 Å². The second-order valence-electron chi connectivity index (χ2n) is 3.84. The molecule has 2 aromatic rings. The quantitative estimate of drug-likeness (QED) is 0.840. The Morgan fingerprint density at radius 2 is 2.12 bits per heavy atom. The van der Waals surface area contributed by atoms with E-state index in [1.165, 1.54) is 0 Å². The van der Waals surface area contributed by atoms with Crippen LogP contribution in [0.2, 0.25) is 0 Å². The minimum Gasteiger partial charge on any atom is -0.461 e. The molecule has 0 spiro atoms. The van der Waals surface area contributed by atoms with Gasteiger partial charge in [-0.2, -0.15) is 0 Å². The number of rotatable bonds is 2. The first kappa shape index (κ1) is 10.8. The van der Waals surface area contributed by atoms with Gasteiger partial charge in [-0.3, -0.25) is 0 Å². The molecule has 0 amide bonds. The van der Waals surface area contributed by atoms with Gasteiger partial charge in [0.1, 0.15) is 0 Å². The summed E-state index contributed by atoms with van der Waals surface area (Å²) in [7, 11) is 0. The molecule has 0 saturated carbocycles. The van der Waals surface area contributed by atoms with E-state index in [0.29, 0.717) is 11.6 Å². The fourth-order valence-corrected chi connectivity index (χ4v) is 1.60. The summed E-state index contributed by atoms with van der Waals surface area (Å²) in [5, 5.41) is 9.48. The van der Waals surface area contributed by atoms with Crippen LogP contribution in [-0.2, 0) is 0 Å². The third-order valence-electron chi connectivity index (χ3n) is 2.53. The Morgan fingerprint density at radius 3 is 2.62 bits per heavy atom. The van der Waals surface area contributed by atoms with Crippen molar-refractivity contribution < 1.29 is 9.52 Å². The van der Waals surface area contributed by atoms with Gasteiger partial charge < -0.3 is 9.52 Å². The molecular weight excluding hydrogens is 204 g/mol. The van der Waals surface area contributed by atoms with Crippen LogP contribution in [0.4, 0.5) is 0 Å². The molecule has 2 heterocycles. The highest BCUT2D eigenvalue weighted by Crippen LogP contribution is 2.22. The smallest absolute Gasteiger partial charge is 0.196 e. The van der Waals surface area contributed by atoms with Crippen molar-refractivity contribution >= 4 is 0 Å². The number of hydrogen-bond donors (Lipinski definition) is 1. The van der Waals surface area contributed by atoms with Crippen LogP contribution < -0.4 is 0 Å². The van der Waals surface area contributed by atoms with Gasteiger partial charge in [-0.25, -0.2) is 9.97 Å². The van der Waals surface area contributed by atoms with Gasteiger partial charge in [0.05, 0.1) is 12.4 Å². The topological polar surface area (TPSA) is 59.2 Å². The Kier molecular flexibility index (Phi) is 2.75. The maximum atomic E-state index is 9.48. The van der Waals surface area contributed by atoms with Crippen molar-refractivity contribution in [3.63, 3.8) is 0 Å². The van der Waals surface area contributed by atoms with Gasteiger partial charge >= 0.3 is 0 Å². The maximum absolute atomic E-state index is 9.48. The number of aliphatic hydroxyl groups is 1. The Morgan fingerprint density at radius 1 is 1.38 bits per heavy atom. The van der Waals surface area contributed by atoms with Crippen molar-refractivity contribution in [1.82, 2.24) is 9.97 Å². The number of aliphatic hydroxyl groups excluding tert-OH is 1. The Hall–Kier alpha value is -1.68. The molecule has 4 nitrogen and oxygen atoms in total. The van der Waals surface area contributed by atoms with E-state index in [1.54, 1.807) is 19.4 Å². The van der Waals surface area contributed by atoms with Gasteiger partial charge in [0.25, 0.3) is 0 Å². The molecule has 0 aromatic carbocycles. The molecule has 0 bridgehead atoms. The highest BCUT2D eigenvalue weighted by Gasteiger charge is 2.12. The first-order valence-corrected chi connectivity index (χ1v) is 5.15. The SMILES string of the molecule is Cc1ccoc1-c1ncc([C@H](C)O)c(C)n1. The lowest BCUT2D eigenvalue weighted by molar-refractivity contribution is 0.197. The fraction of sp³-hybridized carbons (Fsp3) is 0.333. The minimum atomic E-state index is -0.549. The molecule has 84 valence electrons. The first-order chi connectivity index (χ1) is 7.59. The van der Waals surface area contributed by atoms with Crippen molar-refractivity contribution in [1.29, 1.82) is 0 Å². The lowest BCUT2D eigenvalue weighted by atomic mass is 10.1. The lowest BCUT2D eigenvalue weighted by Crippen LogP contribution is -2.01. The van der Waals surface area contributed by atoms with Crippen molar-refractivity contribution in [3.8, 4) is 11.6 Å².